The fraction of sp³-hybridized carbons (Fsp3) is 0.385. The van der Waals surface area contributed by atoms with E-state index in [0.717, 1.165) is 18.0 Å². The number of halogens is 1. The maximum Gasteiger partial charge on any atom is 0.0590 e. The number of likely N-dealkylation sites (N-methyl/N-ethyl adjacent to an activating group) is 1. The van der Waals surface area contributed by atoms with Crippen LogP contribution in [0.3, 0.4) is 0 Å². The van der Waals surface area contributed by atoms with Crippen molar-refractivity contribution in [2.24, 2.45) is 0 Å². The number of rotatable bonds is 5. The molecule has 2 aromatic rings. The first-order valence-corrected chi connectivity index (χ1v) is 7.90. The predicted molar refractivity (Wildman–Crippen MR) is 78.5 cm³/mol. The van der Waals surface area contributed by atoms with Crippen molar-refractivity contribution in [2.75, 3.05) is 6.54 Å². The lowest BCUT2D eigenvalue weighted by Gasteiger charge is -2.16. The van der Waals surface area contributed by atoms with Gasteiger partial charge in [-0.05, 0) is 53.2 Å². The molecule has 17 heavy (non-hydrogen) atoms. The van der Waals surface area contributed by atoms with Gasteiger partial charge >= 0.3 is 0 Å². The fourth-order valence-electron chi connectivity index (χ4n) is 1.83. The summed E-state index contributed by atoms with van der Waals surface area (Å²) in [6.07, 6.45) is 1.01. The molecule has 0 aliphatic carbocycles. The summed E-state index contributed by atoms with van der Waals surface area (Å²) in [5.74, 6) is 0. The molecule has 0 aliphatic heterocycles. The normalized spacial score (nSPS) is 12.9. The average Bonchev–Trinajstić information content (AvgIpc) is 2.91. The summed E-state index contributed by atoms with van der Waals surface area (Å²) in [5, 5.41) is 10.9. The minimum Gasteiger partial charge on any atom is -0.309 e. The molecule has 1 atom stereocenters. The van der Waals surface area contributed by atoms with E-state index in [0.29, 0.717) is 6.04 Å². The topological polar surface area (TPSA) is 12.0 Å². The van der Waals surface area contributed by atoms with Crippen molar-refractivity contribution in [3.05, 3.63) is 43.2 Å². The molecular formula is C13H16ClNS2. The first-order valence-electron chi connectivity index (χ1n) is 5.70. The van der Waals surface area contributed by atoms with Gasteiger partial charge in [0.2, 0.25) is 0 Å². The summed E-state index contributed by atoms with van der Waals surface area (Å²) in [5.41, 5.74) is 2.56. The number of hydrogen-bond acceptors (Lipinski definition) is 3. The van der Waals surface area contributed by atoms with Gasteiger partial charge in [-0.3, -0.25) is 0 Å². The molecule has 0 radical (unpaired) electrons. The van der Waals surface area contributed by atoms with E-state index >= 15 is 0 Å². The molecule has 0 aromatic carbocycles. The zero-order chi connectivity index (χ0) is 12.3. The van der Waals surface area contributed by atoms with Gasteiger partial charge in [-0.25, -0.2) is 0 Å². The third-order valence-corrected chi connectivity index (χ3v) is 5.27. The molecule has 1 unspecified atom stereocenters. The van der Waals surface area contributed by atoms with E-state index in [1.165, 1.54) is 16.0 Å². The first-order chi connectivity index (χ1) is 8.22. The quantitative estimate of drug-likeness (QED) is 0.842. The standard InChI is InChI=1S/C13H16ClNS2/c1-3-15-11(6-10-4-5-16-8-10)13-12(14)9(2)7-17-13/h4-5,7-8,11,15H,3,6H2,1-2H3. The van der Waals surface area contributed by atoms with Crippen LogP contribution in [0.1, 0.15) is 29.0 Å². The molecular weight excluding hydrogens is 270 g/mol. The molecule has 1 nitrogen and oxygen atoms in total. The lowest BCUT2D eigenvalue weighted by atomic mass is 10.1. The highest BCUT2D eigenvalue weighted by Gasteiger charge is 2.17. The molecule has 4 heteroatoms. The molecule has 0 bridgehead atoms. The number of nitrogens with one attached hydrogen (secondary N) is 1. The summed E-state index contributed by atoms with van der Waals surface area (Å²) in [4.78, 5) is 1.26. The highest BCUT2D eigenvalue weighted by atomic mass is 35.5. The Bertz CT molecular complexity index is 462. The molecule has 0 fully saturated rings. The van der Waals surface area contributed by atoms with Crippen molar-refractivity contribution in [3.8, 4) is 0 Å². The smallest absolute Gasteiger partial charge is 0.0590 e. The van der Waals surface area contributed by atoms with Crippen LogP contribution >= 0.6 is 34.3 Å². The number of thiophene rings is 2. The van der Waals surface area contributed by atoms with E-state index in [2.05, 4.69) is 41.4 Å². The van der Waals surface area contributed by atoms with Gasteiger partial charge in [0.1, 0.15) is 0 Å². The van der Waals surface area contributed by atoms with Crippen molar-refractivity contribution in [2.45, 2.75) is 26.3 Å². The van der Waals surface area contributed by atoms with E-state index in [9.17, 15) is 0 Å². The monoisotopic (exact) mass is 285 g/mol. The molecule has 0 saturated carbocycles. The Labute approximate surface area is 115 Å². The minimum atomic E-state index is 0.334. The highest BCUT2D eigenvalue weighted by molar-refractivity contribution is 7.10. The van der Waals surface area contributed by atoms with Gasteiger partial charge in [0.25, 0.3) is 0 Å². The summed E-state index contributed by atoms with van der Waals surface area (Å²) >= 11 is 9.85. The van der Waals surface area contributed by atoms with Crippen LogP contribution in [-0.2, 0) is 6.42 Å². The van der Waals surface area contributed by atoms with Crippen molar-refractivity contribution in [3.63, 3.8) is 0 Å². The van der Waals surface area contributed by atoms with E-state index in [4.69, 9.17) is 11.6 Å². The van der Waals surface area contributed by atoms with Crippen LogP contribution in [0.15, 0.2) is 22.2 Å². The SMILES string of the molecule is CCNC(Cc1ccsc1)c1scc(C)c1Cl. The minimum absolute atomic E-state index is 0.334. The Morgan fingerprint density at radius 1 is 1.41 bits per heavy atom. The van der Waals surface area contributed by atoms with Gasteiger partial charge in [0.15, 0.2) is 0 Å². The molecule has 92 valence electrons. The van der Waals surface area contributed by atoms with Gasteiger partial charge in [-0.15, -0.1) is 11.3 Å². The summed E-state index contributed by atoms with van der Waals surface area (Å²) in [6.45, 7) is 5.16. The zero-order valence-corrected chi connectivity index (χ0v) is 12.4. The molecule has 0 aliphatic rings. The third kappa shape index (κ3) is 3.10. The maximum atomic E-state index is 6.35. The lowest BCUT2D eigenvalue weighted by molar-refractivity contribution is 0.559. The van der Waals surface area contributed by atoms with Crippen LogP contribution in [0.5, 0.6) is 0 Å². The Morgan fingerprint density at radius 2 is 2.24 bits per heavy atom. The highest BCUT2D eigenvalue weighted by Crippen LogP contribution is 2.34. The van der Waals surface area contributed by atoms with Gasteiger partial charge < -0.3 is 5.32 Å². The fourth-order valence-corrected chi connectivity index (χ4v) is 3.92. The number of aryl methyl sites for hydroxylation is 1. The van der Waals surface area contributed by atoms with Crippen LogP contribution in [-0.4, -0.2) is 6.54 Å². The summed E-state index contributed by atoms with van der Waals surface area (Å²) in [6, 6.07) is 2.52. The Hall–Kier alpha value is -0.350. The molecule has 0 saturated heterocycles. The lowest BCUT2D eigenvalue weighted by Crippen LogP contribution is -2.22. The molecule has 2 heterocycles. The van der Waals surface area contributed by atoms with E-state index in [-0.39, 0.29) is 0 Å². The van der Waals surface area contributed by atoms with Gasteiger partial charge in [0, 0.05) is 10.9 Å². The van der Waals surface area contributed by atoms with Crippen molar-refractivity contribution in [1.82, 2.24) is 5.32 Å². The van der Waals surface area contributed by atoms with Gasteiger partial charge in [-0.1, -0.05) is 18.5 Å². The Morgan fingerprint density at radius 3 is 2.76 bits per heavy atom. The molecule has 1 N–H and O–H groups in total. The average molecular weight is 286 g/mol. The first kappa shape index (κ1) is 13.1. The van der Waals surface area contributed by atoms with E-state index in [1.807, 2.05) is 0 Å². The van der Waals surface area contributed by atoms with E-state index in [1.54, 1.807) is 22.7 Å². The second-order valence-electron chi connectivity index (χ2n) is 4.04. The van der Waals surface area contributed by atoms with Crippen LogP contribution in [0, 0.1) is 6.92 Å². The molecule has 2 aromatic heterocycles. The predicted octanol–water partition coefficient (Wildman–Crippen LogP) is 4.66. The second-order valence-corrected chi connectivity index (χ2v) is 6.11. The Kier molecular flexibility index (Phi) is 4.62. The third-order valence-electron chi connectivity index (χ3n) is 2.71. The van der Waals surface area contributed by atoms with Crippen LogP contribution in [0.2, 0.25) is 5.02 Å². The maximum absolute atomic E-state index is 6.35. The van der Waals surface area contributed by atoms with Crippen molar-refractivity contribution >= 4 is 34.3 Å². The van der Waals surface area contributed by atoms with Gasteiger partial charge in [-0.2, -0.15) is 11.3 Å². The van der Waals surface area contributed by atoms with Gasteiger partial charge in [0.05, 0.1) is 5.02 Å². The molecule has 0 spiro atoms. The molecule has 0 amide bonds. The largest absolute Gasteiger partial charge is 0.309 e. The van der Waals surface area contributed by atoms with Crippen LogP contribution in [0.25, 0.3) is 0 Å². The van der Waals surface area contributed by atoms with E-state index < -0.39 is 0 Å². The number of hydrogen-bond donors (Lipinski definition) is 1. The Balaban J connectivity index is 2.20. The summed E-state index contributed by atoms with van der Waals surface area (Å²) < 4.78 is 0. The van der Waals surface area contributed by atoms with Crippen LogP contribution in [0.4, 0.5) is 0 Å². The zero-order valence-electron chi connectivity index (χ0n) is 10.00. The van der Waals surface area contributed by atoms with Crippen molar-refractivity contribution < 1.29 is 0 Å². The second kappa shape index (κ2) is 6.01. The van der Waals surface area contributed by atoms with Crippen LogP contribution < -0.4 is 5.32 Å². The molecule has 2 rings (SSSR count). The van der Waals surface area contributed by atoms with Crippen molar-refractivity contribution in [1.29, 1.82) is 0 Å². The summed E-state index contributed by atoms with van der Waals surface area (Å²) in [7, 11) is 0.